The van der Waals surface area contributed by atoms with E-state index < -0.39 is 11.1 Å². The fraction of sp³-hybridized carbons (Fsp3) is 0. The second-order valence-corrected chi connectivity index (χ2v) is 2.94. The highest BCUT2D eigenvalue weighted by Gasteiger charge is 1.97. The van der Waals surface area contributed by atoms with E-state index in [1.807, 2.05) is 0 Å². The van der Waals surface area contributed by atoms with Gasteiger partial charge in [0.2, 0.25) is 0 Å². The highest BCUT2D eigenvalue weighted by Crippen LogP contribution is 2.17. The van der Waals surface area contributed by atoms with Crippen LogP contribution in [0.2, 0.25) is 0 Å². The maximum absolute atomic E-state index is 10.4. The van der Waals surface area contributed by atoms with Gasteiger partial charge in [-0.15, -0.1) is 0 Å². The van der Waals surface area contributed by atoms with Crippen LogP contribution in [0.5, 0.6) is 0 Å². The Bertz CT molecular complexity index is 301. The Labute approximate surface area is 66.5 Å². The zero-order valence-electron chi connectivity index (χ0n) is 5.61. The van der Waals surface area contributed by atoms with Gasteiger partial charge in [0.05, 0.1) is 0 Å². The molecule has 11 heavy (non-hydrogen) atoms. The van der Waals surface area contributed by atoms with Crippen molar-refractivity contribution in [2.75, 3.05) is 11.5 Å². The monoisotopic (exact) mass is 171 g/mol. The first-order valence-electron chi connectivity index (χ1n) is 2.85. The molecule has 1 rings (SSSR count). The number of rotatable bonds is 1. The van der Waals surface area contributed by atoms with Crippen LogP contribution in [-0.2, 0) is 11.1 Å². The van der Waals surface area contributed by atoms with Gasteiger partial charge in [0.1, 0.15) is 0 Å². The van der Waals surface area contributed by atoms with E-state index in [4.69, 9.17) is 11.5 Å². The molecule has 0 aromatic heterocycles. The largest absolute Gasteiger partial charge is 0.768 e. The summed E-state index contributed by atoms with van der Waals surface area (Å²) in [5, 5.41) is 0. The first-order chi connectivity index (χ1) is 5.11. The van der Waals surface area contributed by atoms with Gasteiger partial charge in [0, 0.05) is 16.3 Å². The van der Waals surface area contributed by atoms with Gasteiger partial charge in [0.25, 0.3) is 0 Å². The molecule has 0 aliphatic rings. The zero-order valence-corrected chi connectivity index (χ0v) is 6.43. The lowest BCUT2D eigenvalue weighted by Crippen LogP contribution is -1.97. The number of benzene rings is 1. The summed E-state index contributed by atoms with van der Waals surface area (Å²) < 4.78 is 20.8. The Morgan fingerprint density at radius 2 is 2.00 bits per heavy atom. The van der Waals surface area contributed by atoms with Crippen molar-refractivity contribution in [2.45, 2.75) is 4.90 Å². The lowest BCUT2D eigenvalue weighted by molar-refractivity contribution is 0.537. The zero-order chi connectivity index (χ0) is 8.43. The molecule has 1 aromatic carbocycles. The molecule has 5 heteroatoms. The van der Waals surface area contributed by atoms with Gasteiger partial charge in [-0.25, -0.2) is 0 Å². The predicted octanol–water partition coefficient (Wildman–Crippen LogP) is 0.0890. The molecule has 0 heterocycles. The van der Waals surface area contributed by atoms with Gasteiger partial charge < -0.3 is 16.0 Å². The summed E-state index contributed by atoms with van der Waals surface area (Å²) in [5.41, 5.74) is 11.3. The molecule has 1 unspecified atom stereocenters. The van der Waals surface area contributed by atoms with Crippen molar-refractivity contribution in [1.82, 2.24) is 0 Å². The van der Waals surface area contributed by atoms with Crippen molar-refractivity contribution in [3.8, 4) is 0 Å². The first-order valence-corrected chi connectivity index (χ1v) is 3.93. The summed E-state index contributed by atoms with van der Waals surface area (Å²) in [7, 11) is 0. The first kappa shape index (κ1) is 8.03. The highest BCUT2D eigenvalue weighted by molar-refractivity contribution is 7.79. The smallest absolute Gasteiger partial charge is 0.0487 e. The van der Waals surface area contributed by atoms with E-state index in [0.717, 1.165) is 0 Å². The molecule has 0 spiro atoms. The molecule has 0 aliphatic carbocycles. The van der Waals surface area contributed by atoms with E-state index in [-0.39, 0.29) is 10.6 Å². The Morgan fingerprint density at radius 1 is 1.36 bits per heavy atom. The van der Waals surface area contributed by atoms with Crippen LogP contribution < -0.4 is 11.5 Å². The molecule has 0 saturated heterocycles. The fourth-order valence-corrected chi connectivity index (χ4v) is 1.15. The average Bonchev–Trinajstić information content (AvgIpc) is 1.85. The summed E-state index contributed by atoms with van der Waals surface area (Å²) in [6, 6.07) is 4.26. The predicted molar refractivity (Wildman–Crippen MR) is 42.5 cm³/mol. The second kappa shape index (κ2) is 2.89. The molecule has 4 N–H and O–H groups in total. The molecule has 60 valence electrons. The number of nitrogens with two attached hydrogens (primary N) is 2. The van der Waals surface area contributed by atoms with Gasteiger partial charge in [0.15, 0.2) is 0 Å². The normalized spacial score (nSPS) is 12.8. The van der Waals surface area contributed by atoms with E-state index >= 15 is 0 Å². The number of nitrogen functional groups attached to an aromatic ring is 2. The van der Waals surface area contributed by atoms with Crippen LogP contribution in [0.15, 0.2) is 23.1 Å². The van der Waals surface area contributed by atoms with Crippen LogP contribution in [0.3, 0.4) is 0 Å². The molecule has 0 amide bonds. The number of hydrogen-bond acceptors (Lipinski definition) is 4. The third kappa shape index (κ3) is 1.69. The Hall–Kier alpha value is -1.07. The minimum absolute atomic E-state index is 0.0826. The van der Waals surface area contributed by atoms with Gasteiger partial charge in [-0.2, -0.15) is 0 Å². The molecule has 0 radical (unpaired) electrons. The maximum Gasteiger partial charge on any atom is 0.0487 e. The summed E-state index contributed by atoms with van der Waals surface area (Å²) in [6.07, 6.45) is 0. The van der Waals surface area contributed by atoms with E-state index in [1.54, 1.807) is 0 Å². The van der Waals surface area contributed by atoms with E-state index in [1.165, 1.54) is 18.2 Å². The van der Waals surface area contributed by atoms with Gasteiger partial charge >= 0.3 is 0 Å². The molecule has 0 bridgehead atoms. The number of hydrogen-bond donors (Lipinski definition) is 2. The summed E-state index contributed by atoms with van der Waals surface area (Å²) in [6.45, 7) is 0. The molecule has 4 nitrogen and oxygen atoms in total. The van der Waals surface area contributed by atoms with Crippen LogP contribution in [0.4, 0.5) is 11.4 Å². The Kier molecular flexibility index (Phi) is 2.11. The molecular weight excluding hydrogens is 164 g/mol. The quantitative estimate of drug-likeness (QED) is 0.462. The van der Waals surface area contributed by atoms with Gasteiger partial charge in [-0.3, -0.25) is 4.21 Å². The topological polar surface area (TPSA) is 92.2 Å². The van der Waals surface area contributed by atoms with E-state index in [9.17, 15) is 8.76 Å². The van der Waals surface area contributed by atoms with Crippen LogP contribution in [0.25, 0.3) is 0 Å². The summed E-state index contributed by atoms with van der Waals surface area (Å²) in [5.74, 6) is 0. The lowest BCUT2D eigenvalue weighted by atomic mass is 10.3. The highest BCUT2D eigenvalue weighted by atomic mass is 32.2. The third-order valence-corrected chi connectivity index (χ3v) is 1.94. The van der Waals surface area contributed by atoms with Crippen LogP contribution >= 0.6 is 0 Å². The lowest BCUT2D eigenvalue weighted by Gasteiger charge is -2.08. The molecular formula is C6H7N2O2S-. The van der Waals surface area contributed by atoms with E-state index in [2.05, 4.69) is 0 Å². The van der Waals surface area contributed by atoms with Crippen molar-refractivity contribution < 1.29 is 8.76 Å². The molecule has 1 aromatic rings. The SMILES string of the molecule is Nc1ccc(S(=O)[O-])c(N)c1. The fourth-order valence-electron chi connectivity index (χ4n) is 0.719. The van der Waals surface area contributed by atoms with Crippen molar-refractivity contribution in [3.63, 3.8) is 0 Å². The van der Waals surface area contributed by atoms with Crippen molar-refractivity contribution in [3.05, 3.63) is 18.2 Å². The van der Waals surface area contributed by atoms with Crippen molar-refractivity contribution in [1.29, 1.82) is 0 Å². The molecule has 0 saturated carbocycles. The van der Waals surface area contributed by atoms with Crippen LogP contribution in [-0.4, -0.2) is 8.76 Å². The standard InChI is InChI=1S/C6H8N2O2S/c7-4-1-2-6(11(9)10)5(8)3-4/h1-3H,7-8H2,(H,9,10)/p-1. The maximum atomic E-state index is 10.4. The van der Waals surface area contributed by atoms with Gasteiger partial charge in [-0.05, 0) is 29.3 Å². The van der Waals surface area contributed by atoms with Crippen molar-refractivity contribution >= 4 is 22.5 Å². The van der Waals surface area contributed by atoms with E-state index in [0.29, 0.717) is 5.69 Å². The molecule has 0 fully saturated rings. The van der Waals surface area contributed by atoms with Gasteiger partial charge in [-0.1, -0.05) is 0 Å². The third-order valence-electron chi connectivity index (χ3n) is 1.21. The summed E-state index contributed by atoms with van der Waals surface area (Å²) >= 11 is -2.28. The number of anilines is 2. The minimum Gasteiger partial charge on any atom is -0.768 e. The van der Waals surface area contributed by atoms with Crippen molar-refractivity contribution in [2.24, 2.45) is 0 Å². The second-order valence-electron chi connectivity index (χ2n) is 2.03. The van der Waals surface area contributed by atoms with Crippen LogP contribution in [0, 0.1) is 0 Å². The Morgan fingerprint density at radius 3 is 2.45 bits per heavy atom. The minimum atomic E-state index is -2.28. The van der Waals surface area contributed by atoms with Crippen LogP contribution in [0.1, 0.15) is 0 Å². The molecule has 1 atom stereocenters. The Balaban J connectivity index is 3.20. The molecule has 0 aliphatic heterocycles. The summed E-state index contributed by atoms with van der Waals surface area (Å²) in [4.78, 5) is 0.0826. The average molecular weight is 171 g/mol.